The summed E-state index contributed by atoms with van der Waals surface area (Å²) in [5, 5.41) is 14.7. The summed E-state index contributed by atoms with van der Waals surface area (Å²) in [6.07, 6.45) is 4.91. The first-order valence-electron chi connectivity index (χ1n) is 8.50. The van der Waals surface area contributed by atoms with Gasteiger partial charge >= 0.3 is 12.0 Å². The highest BCUT2D eigenvalue weighted by Gasteiger charge is 2.25. The van der Waals surface area contributed by atoms with Crippen LogP contribution in [0.15, 0.2) is 48.8 Å². The molecule has 3 rings (SSSR count). The minimum absolute atomic E-state index is 0.0382. The van der Waals surface area contributed by atoms with Crippen LogP contribution in [-0.4, -0.2) is 34.7 Å². The minimum atomic E-state index is -0.967. The number of aromatic carboxylic acids is 1. The monoisotopic (exact) mass is 355 g/mol. The summed E-state index contributed by atoms with van der Waals surface area (Å²) in [5.41, 5.74) is 2.12. The molecule has 2 aromatic rings. The number of rotatable bonds is 5. The van der Waals surface area contributed by atoms with Crippen LogP contribution in [0.4, 0.5) is 4.79 Å². The molecule has 0 saturated carbocycles. The van der Waals surface area contributed by atoms with Crippen LogP contribution in [-0.2, 0) is 11.3 Å². The number of nitrogens with one attached hydrogen (secondary N) is 2. The van der Waals surface area contributed by atoms with Crippen molar-refractivity contribution in [2.45, 2.75) is 31.5 Å². The van der Waals surface area contributed by atoms with E-state index >= 15 is 0 Å². The standard InChI is InChI=1S/C19H21N3O4/c23-18(24)15-3-1-13(2-4-15)12-21-19(25)22-16-7-10-26-17(11-16)14-5-8-20-9-6-14/h1-6,8-9,16-17H,7,10-12H2,(H,23,24)(H2,21,22,25). The Morgan fingerprint density at radius 3 is 2.58 bits per heavy atom. The first-order valence-corrected chi connectivity index (χ1v) is 8.50. The fraction of sp³-hybridized carbons (Fsp3) is 0.316. The second-order valence-corrected chi connectivity index (χ2v) is 6.19. The molecule has 1 aliphatic rings. The molecule has 26 heavy (non-hydrogen) atoms. The quantitative estimate of drug-likeness (QED) is 0.765. The number of aromatic nitrogens is 1. The zero-order chi connectivity index (χ0) is 18.4. The lowest BCUT2D eigenvalue weighted by Crippen LogP contribution is -2.44. The van der Waals surface area contributed by atoms with E-state index in [1.54, 1.807) is 24.5 Å². The van der Waals surface area contributed by atoms with Gasteiger partial charge in [0.15, 0.2) is 0 Å². The second-order valence-electron chi connectivity index (χ2n) is 6.19. The van der Waals surface area contributed by atoms with E-state index in [1.165, 1.54) is 12.1 Å². The number of carboxylic acid groups (broad SMARTS) is 1. The molecule has 1 aromatic carbocycles. The predicted molar refractivity (Wildman–Crippen MR) is 94.7 cm³/mol. The molecular formula is C19H21N3O4. The number of amides is 2. The number of carbonyl (C=O) groups is 2. The van der Waals surface area contributed by atoms with E-state index in [0.29, 0.717) is 19.6 Å². The van der Waals surface area contributed by atoms with Gasteiger partial charge in [-0.2, -0.15) is 0 Å². The summed E-state index contributed by atoms with van der Waals surface area (Å²) in [5.74, 6) is -0.967. The third kappa shape index (κ3) is 4.80. The molecule has 1 aromatic heterocycles. The van der Waals surface area contributed by atoms with Gasteiger partial charge in [-0.05, 0) is 48.2 Å². The van der Waals surface area contributed by atoms with Gasteiger partial charge in [-0.1, -0.05) is 12.1 Å². The number of benzene rings is 1. The summed E-state index contributed by atoms with van der Waals surface area (Å²) in [6.45, 7) is 0.928. The lowest BCUT2D eigenvalue weighted by atomic mass is 9.98. The van der Waals surface area contributed by atoms with Crippen molar-refractivity contribution >= 4 is 12.0 Å². The van der Waals surface area contributed by atoms with Gasteiger partial charge in [0.25, 0.3) is 0 Å². The fourth-order valence-corrected chi connectivity index (χ4v) is 2.92. The molecule has 2 heterocycles. The van der Waals surface area contributed by atoms with Crippen molar-refractivity contribution in [1.29, 1.82) is 0 Å². The SMILES string of the molecule is O=C(NCc1ccc(C(=O)O)cc1)NC1CCOC(c2ccncc2)C1. The number of hydrogen-bond donors (Lipinski definition) is 3. The maximum atomic E-state index is 12.1. The van der Waals surface area contributed by atoms with Gasteiger partial charge in [0.1, 0.15) is 0 Å². The number of hydrogen-bond acceptors (Lipinski definition) is 4. The van der Waals surface area contributed by atoms with Crippen LogP contribution in [0, 0.1) is 0 Å². The molecule has 1 saturated heterocycles. The summed E-state index contributed by atoms with van der Waals surface area (Å²) in [7, 11) is 0. The molecule has 1 fully saturated rings. The van der Waals surface area contributed by atoms with E-state index in [-0.39, 0.29) is 23.7 Å². The molecule has 3 N–H and O–H groups in total. The Bertz CT molecular complexity index is 749. The number of urea groups is 1. The molecule has 0 bridgehead atoms. The summed E-state index contributed by atoms with van der Waals surface area (Å²) < 4.78 is 5.79. The highest BCUT2D eigenvalue weighted by atomic mass is 16.5. The molecule has 0 spiro atoms. The lowest BCUT2D eigenvalue weighted by molar-refractivity contribution is 0.00220. The van der Waals surface area contributed by atoms with Gasteiger partial charge < -0.3 is 20.5 Å². The maximum Gasteiger partial charge on any atom is 0.335 e. The average molecular weight is 355 g/mol. The van der Waals surface area contributed by atoms with Crippen molar-refractivity contribution in [3.8, 4) is 0 Å². The van der Waals surface area contributed by atoms with Crippen molar-refractivity contribution in [3.05, 3.63) is 65.5 Å². The van der Waals surface area contributed by atoms with Crippen LogP contribution in [0.25, 0.3) is 0 Å². The molecule has 0 aliphatic carbocycles. The Morgan fingerprint density at radius 2 is 1.88 bits per heavy atom. The highest BCUT2D eigenvalue weighted by molar-refractivity contribution is 5.87. The third-order valence-electron chi connectivity index (χ3n) is 4.35. The average Bonchev–Trinajstić information content (AvgIpc) is 2.67. The number of nitrogens with zero attached hydrogens (tertiary/aromatic N) is 1. The van der Waals surface area contributed by atoms with E-state index in [4.69, 9.17) is 9.84 Å². The van der Waals surface area contributed by atoms with Gasteiger partial charge in [0.05, 0.1) is 11.7 Å². The van der Waals surface area contributed by atoms with Crippen molar-refractivity contribution in [2.24, 2.45) is 0 Å². The number of carboxylic acids is 1. The Morgan fingerprint density at radius 1 is 1.15 bits per heavy atom. The van der Waals surface area contributed by atoms with E-state index in [9.17, 15) is 9.59 Å². The fourth-order valence-electron chi connectivity index (χ4n) is 2.92. The van der Waals surface area contributed by atoms with E-state index in [2.05, 4.69) is 15.6 Å². The van der Waals surface area contributed by atoms with Crippen LogP contribution in [0.2, 0.25) is 0 Å². The highest BCUT2D eigenvalue weighted by Crippen LogP contribution is 2.27. The van der Waals surface area contributed by atoms with Crippen molar-refractivity contribution in [1.82, 2.24) is 15.6 Å². The smallest absolute Gasteiger partial charge is 0.335 e. The number of ether oxygens (including phenoxy) is 1. The molecule has 1 aliphatic heterocycles. The minimum Gasteiger partial charge on any atom is -0.478 e. The Balaban J connectivity index is 1.47. The molecule has 7 nitrogen and oxygen atoms in total. The van der Waals surface area contributed by atoms with Gasteiger partial charge in [-0.3, -0.25) is 4.98 Å². The third-order valence-corrected chi connectivity index (χ3v) is 4.35. The number of pyridine rings is 1. The Kier molecular flexibility index (Phi) is 5.80. The predicted octanol–water partition coefficient (Wildman–Crippen LogP) is 2.50. The molecular weight excluding hydrogens is 334 g/mol. The molecule has 0 radical (unpaired) electrons. The molecule has 2 unspecified atom stereocenters. The summed E-state index contributed by atoms with van der Waals surface area (Å²) >= 11 is 0. The molecule has 136 valence electrons. The van der Waals surface area contributed by atoms with Crippen LogP contribution >= 0.6 is 0 Å². The maximum absolute atomic E-state index is 12.1. The topological polar surface area (TPSA) is 101 Å². The normalized spacial score (nSPS) is 19.5. The van der Waals surface area contributed by atoms with Crippen LogP contribution in [0.1, 0.15) is 40.4 Å². The molecule has 7 heteroatoms. The van der Waals surface area contributed by atoms with E-state index < -0.39 is 5.97 Å². The Labute approximate surface area is 151 Å². The number of carbonyl (C=O) groups excluding carboxylic acids is 1. The van der Waals surface area contributed by atoms with Gasteiger partial charge in [0.2, 0.25) is 0 Å². The van der Waals surface area contributed by atoms with Gasteiger partial charge in [-0.25, -0.2) is 9.59 Å². The molecule has 2 atom stereocenters. The van der Waals surface area contributed by atoms with Crippen LogP contribution < -0.4 is 10.6 Å². The molecule has 2 amide bonds. The van der Waals surface area contributed by atoms with Crippen molar-refractivity contribution in [3.63, 3.8) is 0 Å². The van der Waals surface area contributed by atoms with Crippen LogP contribution in [0.5, 0.6) is 0 Å². The van der Waals surface area contributed by atoms with Crippen molar-refractivity contribution in [2.75, 3.05) is 6.61 Å². The van der Waals surface area contributed by atoms with E-state index in [1.807, 2.05) is 12.1 Å². The van der Waals surface area contributed by atoms with Gasteiger partial charge in [0, 0.05) is 31.6 Å². The first kappa shape index (κ1) is 17.9. The lowest BCUT2D eigenvalue weighted by Gasteiger charge is -2.30. The first-order chi connectivity index (χ1) is 12.6. The Hall–Kier alpha value is -2.93. The summed E-state index contributed by atoms with van der Waals surface area (Å²) in [4.78, 5) is 27.0. The zero-order valence-corrected chi connectivity index (χ0v) is 14.2. The zero-order valence-electron chi connectivity index (χ0n) is 14.2. The van der Waals surface area contributed by atoms with Crippen LogP contribution in [0.3, 0.4) is 0 Å². The largest absolute Gasteiger partial charge is 0.478 e. The van der Waals surface area contributed by atoms with Crippen molar-refractivity contribution < 1.29 is 19.4 Å². The van der Waals surface area contributed by atoms with E-state index in [0.717, 1.165) is 17.5 Å². The summed E-state index contributed by atoms with van der Waals surface area (Å²) in [6, 6.07) is 10.1. The van der Waals surface area contributed by atoms with Gasteiger partial charge in [-0.15, -0.1) is 0 Å². The second kappa shape index (κ2) is 8.44.